The van der Waals surface area contributed by atoms with Gasteiger partial charge in [-0.25, -0.2) is 0 Å². The van der Waals surface area contributed by atoms with Crippen LogP contribution in [0.5, 0.6) is 0 Å². The minimum Gasteiger partial charge on any atom is -0.397 e. The van der Waals surface area contributed by atoms with Crippen LogP contribution in [0, 0.1) is 5.92 Å². The van der Waals surface area contributed by atoms with E-state index >= 15 is 0 Å². The number of nitrogens with one attached hydrogen (secondary N) is 1. The van der Waals surface area contributed by atoms with Crippen molar-refractivity contribution in [1.29, 1.82) is 0 Å². The maximum absolute atomic E-state index is 5.99. The third-order valence-electron chi connectivity index (χ3n) is 2.72. The minimum atomic E-state index is 0.397. The van der Waals surface area contributed by atoms with Gasteiger partial charge in [0.2, 0.25) is 0 Å². The van der Waals surface area contributed by atoms with Gasteiger partial charge in [0.1, 0.15) is 0 Å². The van der Waals surface area contributed by atoms with Crippen molar-refractivity contribution in [2.24, 2.45) is 5.92 Å². The molecule has 0 aliphatic heterocycles. The largest absolute Gasteiger partial charge is 0.397 e. The first-order valence-electron chi connectivity index (χ1n) is 5.86. The fourth-order valence-electron chi connectivity index (χ4n) is 1.68. The Morgan fingerprint density at radius 1 is 1.35 bits per heavy atom. The summed E-state index contributed by atoms with van der Waals surface area (Å²) in [4.78, 5) is 2.19. The van der Waals surface area contributed by atoms with Crippen LogP contribution in [0.15, 0.2) is 22.7 Å². The van der Waals surface area contributed by atoms with Gasteiger partial charge in [-0.2, -0.15) is 0 Å². The van der Waals surface area contributed by atoms with E-state index in [1.54, 1.807) is 0 Å². The average Bonchev–Trinajstić information content (AvgIpc) is 2.19. The van der Waals surface area contributed by atoms with Gasteiger partial charge in [-0.05, 0) is 38.2 Å². The van der Waals surface area contributed by atoms with Gasteiger partial charge in [0.15, 0.2) is 0 Å². The Labute approximate surface area is 113 Å². The van der Waals surface area contributed by atoms with Gasteiger partial charge in [-0.15, -0.1) is 0 Å². The van der Waals surface area contributed by atoms with Crippen LogP contribution in [0.4, 0.5) is 11.4 Å². The second kappa shape index (κ2) is 6.26. The molecule has 1 unspecified atom stereocenters. The summed E-state index contributed by atoms with van der Waals surface area (Å²) in [6.07, 6.45) is 0. The summed E-state index contributed by atoms with van der Waals surface area (Å²) < 4.78 is 1.01. The lowest BCUT2D eigenvalue weighted by molar-refractivity contribution is 0.344. The molecule has 0 saturated carbocycles. The van der Waals surface area contributed by atoms with E-state index < -0.39 is 0 Å². The Morgan fingerprint density at radius 3 is 2.47 bits per heavy atom. The van der Waals surface area contributed by atoms with E-state index in [4.69, 9.17) is 5.73 Å². The number of hydrogen-bond donors (Lipinski definition) is 2. The summed E-state index contributed by atoms with van der Waals surface area (Å²) >= 11 is 3.42. The average molecular weight is 300 g/mol. The van der Waals surface area contributed by atoms with E-state index in [1.807, 2.05) is 18.2 Å². The van der Waals surface area contributed by atoms with Crippen LogP contribution in [0.3, 0.4) is 0 Å². The number of nitrogens with two attached hydrogens (primary N) is 1. The van der Waals surface area contributed by atoms with Crippen molar-refractivity contribution in [1.82, 2.24) is 4.90 Å². The predicted molar refractivity (Wildman–Crippen MR) is 79.4 cm³/mol. The predicted octanol–water partition coefficient (Wildman–Crippen LogP) is 3.03. The third-order valence-corrected chi connectivity index (χ3v) is 3.21. The Bertz CT molecular complexity index is 364. The summed E-state index contributed by atoms with van der Waals surface area (Å²) in [7, 11) is 4.17. The minimum absolute atomic E-state index is 0.397. The van der Waals surface area contributed by atoms with Gasteiger partial charge in [0, 0.05) is 17.1 Å². The van der Waals surface area contributed by atoms with Gasteiger partial charge in [-0.3, -0.25) is 0 Å². The van der Waals surface area contributed by atoms with Crippen molar-refractivity contribution in [3.8, 4) is 0 Å². The summed E-state index contributed by atoms with van der Waals surface area (Å²) in [5.41, 5.74) is 7.78. The normalized spacial score (nSPS) is 13.1. The van der Waals surface area contributed by atoms with Crippen molar-refractivity contribution >= 4 is 27.3 Å². The van der Waals surface area contributed by atoms with Gasteiger partial charge in [0.05, 0.1) is 11.4 Å². The summed E-state index contributed by atoms with van der Waals surface area (Å²) in [5, 5.41) is 3.52. The third kappa shape index (κ3) is 4.56. The number of rotatable bonds is 5. The van der Waals surface area contributed by atoms with Crippen LogP contribution < -0.4 is 11.1 Å². The van der Waals surface area contributed by atoms with Crippen molar-refractivity contribution < 1.29 is 0 Å². The van der Waals surface area contributed by atoms with Gasteiger partial charge in [0.25, 0.3) is 0 Å². The monoisotopic (exact) mass is 299 g/mol. The van der Waals surface area contributed by atoms with Crippen molar-refractivity contribution in [2.45, 2.75) is 19.9 Å². The first-order chi connectivity index (χ1) is 7.90. The molecule has 0 heterocycles. The Balaban J connectivity index is 2.78. The molecule has 3 N–H and O–H groups in total. The summed E-state index contributed by atoms with van der Waals surface area (Å²) in [6, 6.07) is 6.35. The zero-order valence-electron chi connectivity index (χ0n) is 11.0. The molecular weight excluding hydrogens is 278 g/mol. The van der Waals surface area contributed by atoms with Crippen LogP contribution >= 0.6 is 15.9 Å². The molecule has 0 radical (unpaired) electrons. The highest BCUT2D eigenvalue weighted by Crippen LogP contribution is 2.24. The highest BCUT2D eigenvalue weighted by Gasteiger charge is 2.15. The molecule has 0 aromatic heterocycles. The van der Waals surface area contributed by atoms with Crippen molar-refractivity contribution in [2.75, 3.05) is 31.7 Å². The number of anilines is 2. The zero-order valence-corrected chi connectivity index (χ0v) is 12.6. The summed E-state index contributed by atoms with van der Waals surface area (Å²) in [6.45, 7) is 5.43. The topological polar surface area (TPSA) is 41.3 Å². The fraction of sp³-hybridized carbons (Fsp3) is 0.538. The smallest absolute Gasteiger partial charge is 0.0577 e. The molecule has 0 spiro atoms. The molecule has 1 atom stereocenters. The Kier molecular flexibility index (Phi) is 5.28. The number of nitrogens with zero attached hydrogens (tertiary/aromatic N) is 1. The number of benzene rings is 1. The molecule has 0 aliphatic carbocycles. The molecule has 1 aromatic carbocycles. The van der Waals surface area contributed by atoms with Crippen LogP contribution in [0.1, 0.15) is 13.8 Å². The van der Waals surface area contributed by atoms with E-state index in [9.17, 15) is 0 Å². The Hall–Kier alpha value is -0.740. The lowest BCUT2D eigenvalue weighted by Crippen LogP contribution is -2.36. The Morgan fingerprint density at radius 2 is 2.00 bits per heavy atom. The van der Waals surface area contributed by atoms with Crippen LogP contribution in [-0.4, -0.2) is 31.6 Å². The number of nitrogen functional groups attached to an aromatic ring is 1. The number of likely N-dealkylation sites (N-methyl/N-ethyl adjacent to an activating group) is 1. The molecule has 96 valence electrons. The molecule has 0 bridgehead atoms. The highest BCUT2D eigenvalue weighted by molar-refractivity contribution is 9.10. The molecule has 0 aliphatic rings. The maximum atomic E-state index is 5.99. The SMILES string of the molecule is CC(C)C(CN(C)C)Nc1ccc(Br)cc1N. The van der Waals surface area contributed by atoms with Crippen LogP contribution in [0.2, 0.25) is 0 Å². The quantitative estimate of drug-likeness (QED) is 0.821. The van der Waals surface area contributed by atoms with Crippen LogP contribution in [0.25, 0.3) is 0 Å². The van der Waals surface area contributed by atoms with Gasteiger partial charge in [-0.1, -0.05) is 29.8 Å². The number of halogens is 1. The lowest BCUT2D eigenvalue weighted by atomic mass is 10.0. The van der Waals surface area contributed by atoms with Gasteiger partial charge >= 0.3 is 0 Å². The van der Waals surface area contributed by atoms with Crippen molar-refractivity contribution in [3.63, 3.8) is 0 Å². The molecule has 0 fully saturated rings. The fourth-order valence-corrected chi connectivity index (χ4v) is 2.06. The van der Waals surface area contributed by atoms with E-state index in [-0.39, 0.29) is 0 Å². The highest BCUT2D eigenvalue weighted by atomic mass is 79.9. The van der Waals surface area contributed by atoms with Gasteiger partial charge < -0.3 is 16.0 Å². The molecule has 0 amide bonds. The number of hydrogen-bond acceptors (Lipinski definition) is 3. The van der Waals surface area contributed by atoms with E-state index in [0.29, 0.717) is 12.0 Å². The molecule has 4 heteroatoms. The summed E-state index contributed by atoms with van der Waals surface area (Å²) in [5.74, 6) is 0.556. The van der Waals surface area contributed by atoms with E-state index in [1.165, 1.54) is 0 Å². The maximum Gasteiger partial charge on any atom is 0.0577 e. The molecule has 17 heavy (non-hydrogen) atoms. The standard InChI is InChI=1S/C13H22BrN3/c1-9(2)13(8-17(3)4)16-12-6-5-10(14)7-11(12)15/h5-7,9,13,16H,8,15H2,1-4H3. The van der Waals surface area contributed by atoms with E-state index in [2.05, 4.69) is 54.1 Å². The van der Waals surface area contributed by atoms with Crippen molar-refractivity contribution in [3.05, 3.63) is 22.7 Å². The van der Waals surface area contributed by atoms with E-state index in [0.717, 1.165) is 22.4 Å². The zero-order chi connectivity index (χ0) is 13.0. The molecule has 0 saturated heterocycles. The first-order valence-corrected chi connectivity index (χ1v) is 6.65. The molecular formula is C13H22BrN3. The lowest BCUT2D eigenvalue weighted by Gasteiger charge is -2.27. The molecule has 1 aromatic rings. The second-order valence-corrected chi connectivity index (χ2v) is 5.90. The molecule has 1 rings (SSSR count). The second-order valence-electron chi connectivity index (χ2n) is 4.99. The van der Waals surface area contributed by atoms with Crippen LogP contribution in [-0.2, 0) is 0 Å². The first kappa shape index (κ1) is 14.3. The molecule has 3 nitrogen and oxygen atoms in total.